The number of aromatic nitrogens is 2. The molecule has 1 fully saturated rings. The van der Waals surface area contributed by atoms with Crippen molar-refractivity contribution in [3.63, 3.8) is 0 Å². The summed E-state index contributed by atoms with van der Waals surface area (Å²) in [7, 11) is 0. The number of ether oxygens (including phenoxy) is 1. The van der Waals surface area contributed by atoms with Crippen LogP contribution in [0.3, 0.4) is 0 Å². The summed E-state index contributed by atoms with van der Waals surface area (Å²) in [5.74, 6) is -0.520. The molecule has 8 heteroatoms. The average molecular weight is 409 g/mol. The summed E-state index contributed by atoms with van der Waals surface area (Å²) in [5, 5.41) is 3.90. The molecule has 1 aliphatic heterocycles. The largest absolute Gasteiger partial charge is 0.455 e. The molecule has 0 unspecified atom stereocenters. The first-order valence-corrected chi connectivity index (χ1v) is 9.69. The number of hydrogen-bond acceptors (Lipinski definition) is 6. The van der Waals surface area contributed by atoms with Crippen molar-refractivity contribution < 1.29 is 23.2 Å². The van der Waals surface area contributed by atoms with E-state index < -0.39 is 0 Å². The first-order chi connectivity index (χ1) is 14.6. The number of piperidine rings is 1. The minimum atomic E-state index is -0.384. The summed E-state index contributed by atoms with van der Waals surface area (Å²) in [6, 6.07) is 14.8. The van der Waals surface area contributed by atoms with Gasteiger partial charge in [0.05, 0.1) is 5.92 Å². The summed E-state index contributed by atoms with van der Waals surface area (Å²) in [6.07, 6.45) is 1.01. The Kier molecular flexibility index (Phi) is 5.83. The molecule has 0 radical (unpaired) electrons. The van der Waals surface area contributed by atoms with Crippen LogP contribution in [0.2, 0.25) is 0 Å². The molecular formula is C22H20FN3O4. The fraction of sp³-hybridized carbons (Fsp3) is 0.273. The Balaban J connectivity index is 1.26. The van der Waals surface area contributed by atoms with Crippen LogP contribution in [-0.2, 0) is 16.1 Å². The van der Waals surface area contributed by atoms with Crippen LogP contribution in [0, 0.1) is 11.7 Å². The third-order valence-corrected chi connectivity index (χ3v) is 5.04. The number of likely N-dealkylation sites (tertiary alicyclic amines) is 1. The Labute approximate surface area is 172 Å². The van der Waals surface area contributed by atoms with Crippen LogP contribution < -0.4 is 0 Å². The molecule has 1 aromatic heterocycles. The van der Waals surface area contributed by atoms with Gasteiger partial charge in [0.2, 0.25) is 5.82 Å². The first-order valence-electron chi connectivity index (χ1n) is 9.69. The maximum Gasteiger partial charge on any atom is 0.309 e. The minimum Gasteiger partial charge on any atom is -0.455 e. The molecule has 0 bridgehead atoms. The highest BCUT2D eigenvalue weighted by atomic mass is 19.1. The first kappa shape index (κ1) is 19.8. The molecule has 7 nitrogen and oxygen atoms in total. The molecule has 0 saturated carbocycles. The van der Waals surface area contributed by atoms with Gasteiger partial charge in [-0.15, -0.1) is 0 Å². The molecule has 1 saturated heterocycles. The SMILES string of the molecule is O=C(OCc1nc(-c2ccccc2)no1)C1CCN(C(=O)c2ccc(F)cc2)CC1. The molecule has 0 aliphatic carbocycles. The molecule has 3 aromatic rings. The Morgan fingerprint density at radius 1 is 1.07 bits per heavy atom. The van der Waals surface area contributed by atoms with Crippen LogP contribution in [0.25, 0.3) is 11.4 Å². The Morgan fingerprint density at radius 2 is 1.77 bits per heavy atom. The highest BCUT2D eigenvalue weighted by Crippen LogP contribution is 2.21. The van der Waals surface area contributed by atoms with Crippen LogP contribution >= 0.6 is 0 Å². The standard InChI is InChI=1S/C22H20FN3O4/c23-18-8-6-16(7-9-18)21(27)26-12-10-17(11-13-26)22(28)29-14-19-24-20(25-30-19)15-4-2-1-3-5-15/h1-9,17H,10-14H2. The molecule has 30 heavy (non-hydrogen) atoms. The molecular weight excluding hydrogens is 389 g/mol. The molecule has 154 valence electrons. The van der Waals surface area contributed by atoms with Crippen molar-refractivity contribution in [1.29, 1.82) is 0 Å². The number of amides is 1. The monoisotopic (exact) mass is 409 g/mol. The second kappa shape index (κ2) is 8.86. The molecule has 0 spiro atoms. The molecule has 0 atom stereocenters. The van der Waals surface area contributed by atoms with Crippen molar-refractivity contribution >= 4 is 11.9 Å². The van der Waals surface area contributed by atoms with Gasteiger partial charge in [-0.3, -0.25) is 9.59 Å². The lowest BCUT2D eigenvalue weighted by atomic mass is 9.96. The van der Waals surface area contributed by atoms with E-state index in [0.717, 1.165) is 5.56 Å². The summed E-state index contributed by atoms with van der Waals surface area (Å²) in [5.41, 5.74) is 1.25. The number of carbonyl (C=O) groups excluding carboxylic acids is 2. The predicted octanol–water partition coefficient (Wildman–Crippen LogP) is 3.47. The number of esters is 1. The number of rotatable bonds is 5. The molecule has 4 rings (SSSR count). The van der Waals surface area contributed by atoms with Crippen molar-refractivity contribution in [2.45, 2.75) is 19.4 Å². The summed E-state index contributed by atoms with van der Waals surface area (Å²) < 4.78 is 23.5. The zero-order chi connectivity index (χ0) is 20.9. The van der Waals surface area contributed by atoms with E-state index in [1.165, 1.54) is 24.3 Å². The number of halogens is 1. The predicted molar refractivity (Wildman–Crippen MR) is 105 cm³/mol. The van der Waals surface area contributed by atoms with Crippen molar-refractivity contribution in [1.82, 2.24) is 15.0 Å². The van der Waals surface area contributed by atoms with Gasteiger partial charge in [-0.25, -0.2) is 4.39 Å². The van der Waals surface area contributed by atoms with Gasteiger partial charge < -0.3 is 14.2 Å². The number of nitrogens with zero attached hydrogens (tertiary/aromatic N) is 3. The Hall–Kier alpha value is -3.55. The lowest BCUT2D eigenvalue weighted by molar-refractivity contribution is -0.152. The van der Waals surface area contributed by atoms with Gasteiger partial charge in [0.15, 0.2) is 6.61 Å². The van der Waals surface area contributed by atoms with E-state index in [2.05, 4.69) is 10.1 Å². The lowest BCUT2D eigenvalue weighted by Crippen LogP contribution is -2.40. The summed E-state index contributed by atoms with van der Waals surface area (Å²) in [4.78, 5) is 30.8. The number of carbonyl (C=O) groups is 2. The van der Waals surface area contributed by atoms with E-state index in [0.29, 0.717) is 37.3 Å². The number of hydrogen-bond donors (Lipinski definition) is 0. The van der Waals surface area contributed by atoms with Crippen molar-refractivity contribution in [2.75, 3.05) is 13.1 Å². The van der Waals surface area contributed by atoms with E-state index in [4.69, 9.17) is 9.26 Å². The van der Waals surface area contributed by atoms with Gasteiger partial charge in [0.25, 0.3) is 11.8 Å². The van der Waals surface area contributed by atoms with Crippen molar-refractivity contribution in [3.8, 4) is 11.4 Å². The highest BCUT2D eigenvalue weighted by molar-refractivity contribution is 5.94. The van der Waals surface area contributed by atoms with E-state index in [1.807, 2.05) is 30.3 Å². The van der Waals surface area contributed by atoms with Crippen LogP contribution in [0.4, 0.5) is 4.39 Å². The van der Waals surface area contributed by atoms with Gasteiger partial charge >= 0.3 is 5.97 Å². The second-order valence-corrected chi connectivity index (χ2v) is 7.06. The third-order valence-electron chi connectivity index (χ3n) is 5.04. The van der Waals surface area contributed by atoms with Crippen molar-refractivity contribution in [2.24, 2.45) is 5.92 Å². The van der Waals surface area contributed by atoms with Crippen molar-refractivity contribution in [3.05, 3.63) is 71.9 Å². The molecule has 1 aliphatic rings. The van der Waals surface area contributed by atoms with Crippen LogP contribution in [0.5, 0.6) is 0 Å². The van der Waals surface area contributed by atoms with Gasteiger partial charge in [-0.2, -0.15) is 4.98 Å². The van der Waals surface area contributed by atoms with Gasteiger partial charge in [0.1, 0.15) is 5.82 Å². The molecule has 1 amide bonds. The fourth-order valence-corrected chi connectivity index (χ4v) is 3.36. The maximum atomic E-state index is 13.0. The molecule has 2 aromatic carbocycles. The van der Waals surface area contributed by atoms with Gasteiger partial charge in [-0.05, 0) is 37.1 Å². The van der Waals surface area contributed by atoms with E-state index in [9.17, 15) is 14.0 Å². The lowest BCUT2D eigenvalue weighted by Gasteiger charge is -2.30. The Bertz CT molecular complexity index is 1010. The summed E-state index contributed by atoms with van der Waals surface area (Å²) in [6.45, 7) is 0.788. The smallest absolute Gasteiger partial charge is 0.309 e. The Morgan fingerprint density at radius 3 is 2.47 bits per heavy atom. The third kappa shape index (κ3) is 4.53. The van der Waals surface area contributed by atoms with Gasteiger partial charge in [0, 0.05) is 24.2 Å². The fourth-order valence-electron chi connectivity index (χ4n) is 3.36. The zero-order valence-electron chi connectivity index (χ0n) is 16.2. The molecule has 0 N–H and O–H groups in total. The van der Waals surface area contributed by atoms with Crippen LogP contribution in [0.15, 0.2) is 59.1 Å². The van der Waals surface area contributed by atoms with Crippen LogP contribution in [-0.4, -0.2) is 40.0 Å². The van der Waals surface area contributed by atoms with E-state index in [-0.39, 0.29) is 36.1 Å². The van der Waals surface area contributed by atoms with Crippen LogP contribution in [0.1, 0.15) is 29.1 Å². The molecule has 2 heterocycles. The number of benzene rings is 2. The average Bonchev–Trinajstić information content (AvgIpc) is 3.27. The van der Waals surface area contributed by atoms with Gasteiger partial charge in [-0.1, -0.05) is 35.5 Å². The van der Waals surface area contributed by atoms with E-state index in [1.54, 1.807) is 4.90 Å². The topological polar surface area (TPSA) is 85.5 Å². The second-order valence-electron chi connectivity index (χ2n) is 7.06. The maximum absolute atomic E-state index is 13.0. The van der Waals surface area contributed by atoms with E-state index >= 15 is 0 Å². The normalized spacial score (nSPS) is 14.5. The summed E-state index contributed by atoms with van der Waals surface area (Å²) >= 11 is 0. The zero-order valence-corrected chi connectivity index (χ0v) is 16.2. The highest BCUT2D eigenvalue weighted by Gasteiger charge is 2.29. The quantitative estimate of drug-likeness (QED) is 0.600. The minimum absolute atomic E-state index is 0.0899.